The number of aromatic nitrogens is 1. The minimum atomic E-state index is 0.383. The first-order chi connectivity index (χ1) is 12.3. The van der Waals surface area contributed by atoms with E-state index in [1.54, 1.807) is 6.07 Å². The molecular formula is C21H24N2OS. The maximum atomic E-state index is 10.1. The molecule has 0 aliphatic carbocycles. The van der Waals surface area contributed by atoms with Crippen LogP contribution in [0, 0.1) is 0 Å². The third kappa shape index (κ3) is 3.65. The van der Waals surface area contributed by atoms with Gasteiger partial charge in [0.05, 0.1) is 0 Å². The zero-order valence-electron chi connectivity index (χ0n) is 14.3. The van der Waals surface area contributed by atoms with Gasteiger partial charge in [0.1, 0.15) is 5.75 Å². The van der Waals surface area contributed by atoms with Crippen LogP contribution in [0.2, 0.25) is 0 Å². The molecule has 1 unspecified atom stereocenters. The lowest BCUT2D eigenvalue weighted by Gasteiger charge is -2.24. The summed E-state index contributed by atoms with van der Waals surface area (Å²) in [7, 11) is 0. The highest BCUT2D eigenvalue weighted by Crippen LogP contribution is 2.30. The monoisotopic (exact) mass is 352 g/mol. The summed E-state index contributed by atoms with van der Waals surface area (Å²) in [5, 5.41) is 16.9. The Hall–Kier alpha value is -2.04. The molecule has 4 rings (SSSR count). The largest absolute Gasteiger partial charge is 0.507 e. The molecule has 3 nitrogen and oxygen atoms in total. The highest BCUT2D eigenvalue weighted by molar-refractivity contribution is 7.11. The molecule has 2 aromatic heterocycles. The van der Waals surface area contributed by atoms with Gasteiger partial charge in [-0.15, -0.1) is 11.3 Å². The van der Waals surface area contributed by atoms with Gasteiger partial charge in [0.15, 0.2) is 0 Å². The lowest BCUT2D eigenvalue weighted by Crippen LogP contribution is -2.32. The van der Waals surface area contributed by atoms with Crippen LogP contribution >= 0.6 is 11.3 Å². The van der Waals surface area contributed by atoms with Gasteiger partial charge < -0.3 is 15.4 Å². The van der Waals surface area contributed by atoms with Gasteiger partial charge in [-0.3, -0.25) is 0 Å². The predicted octanol–water partition coefficient (Wildman–Crippen LogP) is 5.09. The summed E-state index contributed by atoms with van der Waals surface area (Å²) in [5.41, 5.74) is 3.75. The van der Waals surface area contributed by atoms with Gasteiger partial charge in [-0.05, 0) is 60.4 Å². The molecule has 1 aromatic carbocycles. The topological polar surface area (TPSA) is 48.0 Å². The quantitative estimate of drug-likeness (QED) is 0.541. The molecule has 0 amide bonds. The van der Waals surface area contributed by atoms with Crippen molar-refractivity contribution in [2.75, 3.05) is 6.54 Å². The second kappa shape index (κ2) is 7.46. The van der Waals surface area contributed by atoms with E-state index in [2.05, 4.69) is 33.9 Å². The number of hydrogen-bond acceptors (Lipinski definition) is 3. The SMILES string of the molecule is Oc1cccc2[nH]cc(CCCCC3CC(c4cccs4)=CCN3)c12. The van der Waals surface area contributed by atoms with Crippen LogP contribution in [0.3, 0.4) is 0 Å². The minimum absolute atomic E-state index is 0.383. The number of thiophene rings is 1. The first kappa shape index (κ1) is 16.4. The fourth-order valence-corrected chi connectivity index (χ4v) is 4.55. The van der Waals surface area contributed by atoms with Crippen molar-refractivity contribution in [1.29, 1.82) is 0 Å². The number of hydrogen-bond donors (Lipinski definition) is 3. The van der Waals surface area contributed by atoms with E-state index in [4.69, 9.17) is 0 Å². The van der Waals surface area contributed by atoms with Crippen LogP contribution in [-0.2, 0) is 6.42 Å². The molecule has 0 fully saturated rings. The van der Waals surface area contributed by atoms with Gasteiger partial charge in [-0.2, -0.15) is 0 Å². The Balaban J connectivity index is 1.29. The molecule has 3 heterocycles. The standard InChI is InChI=1S/C21H24N2OS/c24-19-8-3-7-18-21(19)16(14-23-18)5-1-2-6-17-13-15(10-11-22-17)20-9-4-12-25-20/h3-4,7-10,12,14,17,22-24H,1-2,5-6,11,13H2. The average Bonchev–Trinajstić information content (AvgIpc) is 3.30. The van der Waals surface area contributed by atoms with E-state index >= 15 is 0 Å². The second-order valence-electron chi connectivity index (χ2n) is 6.78. The molecule has 3 N–H and O–H groups in total. The number of aryl methyl sites for hydroxylation is 1. The number of rotatable bonds is 6. The number of unbranched alkanes of at least 4 members (excludes halogenated alkanes) is 1. The Bertz CT molecular complexity index is 863. The number of nitrogens with one attached hydrogen (secondary N) is 2. The van der Waals surface area contributed by atoms with E-state index in [1.165, 1.54) is 28.9 Å². The van der Waals surface area contributed by atoms with E-state index in [1.807, 2.05) is 29.7 Å². The Labute approximate surface area is 152 Å². The molecule has 130 valence electrons. The highest BCUT2D eigenvalue weighted by atomic mass is 32.1. The Morgan fingerprint density at radius 3 is 3.00 bits per heavy atom. The molecule has 0 spiro atoms. The van der Waals surface area contributed by atoms with Crippen LogP contribution in [0.15, 0.2) is 48.0 Å². The van der Waals surface area contributed by atoms with Crippen molar-refractivity contribution in [1.82, 2.24) is 10.3 Å². The lowest BCUT2D eigenvalue weighted by molar-refractivity contribution is 0.476. The summed E-state index contributed by atoms with van der Waals surface area (Å²) in [6.07, 6.45) is 10.1. The third-order valence-electron chi connectivity index (χ3n) is 5.07. The predicted molar refractivity (Wildman–Crippen MR) is 106 cm³/mol. The van der Waals surface area contributed by atoms with Crippen molar-refractivity contribution in [2.24, 2.45) is 0 Å². The molecule has 1 aliphatic heterocycles. The van der Waals surface area contributed by atoms with Crippen molar-refractivity contribution in [3.63, 3.8) is 0 Å². The number of fused-ring (bicyclic) bond motifs is 1. The zero-order chi connectivity index (χ0) is 17.1. The fourth-order valence-electron chi connectivity index (χ4n) is 3.77. The van der Waals surface area contributed by atoms with Gasteiger partial charge in [-0.25, -0.2) is 0 Å². The maximum absolute atomic E-state index is 10.1. The summed E-state index contributed by atoms with van der Waals surface area (Å²) in [4.78, 5) is 4.68. The molecule has 0 bridgehead atoms. The highest BCUT2D eigenvalue weighted by Gasteiger charge is 2.16. The second-order valence-corrected chi connectivity index (χ2v) is 7.72. The van der Waals surface area contributed by atoms with Crippen molar-refractivity contribution in [3.8, 4) is 5.75 Å². The summed E-state index contributed by atoms with van der Waals surface area (Å²) >= 11 is 1.84. The van der Waals surface area contributed by atoms with Crippen LogP contribution in [0.5, 0.6) is 5.75 Å². The fraction of sp³-hybridized carbons (Fsp3) is 0.333. The first-order valence-electron chi connectivity index (χ1n) is 9.05. The molecule has 1 aliphatic rings. The molecule has 1 atom stereocenters. The van der Waals surface area contributed by atoms with Crippen molar-refractivity contribution in [3.05, 3.63) is 58.4 Å². The molecule has 0 radical (unpaired) electrons. The summed E-state index contributed by atoms with van der Waals surface area (Å²) in [6.45, 7) is 0.980. The maximum Gasteiger partial charge on any atom is 0.125 e. The van der Waals surface area contributed by atoms with E-state index in [9.17, 15) is 5.11 Å². The zero-order valence-corrected chi connectivity index (χ0v) is 15.1. The number of phenols is 1. The van der Waals surface area contributed by atoms with E-state index < -0.39 is 0 Å². The van der Waals surface area contributed by atoms with Gasteiger partial charge in [0.25, 0.3) is 0 Å². The molecule has 25 heavy (non-hydrogen) atoms. The molecule has 0 saturated carbocycles. The Morgan fingerprint density at radius 1 is 1.16 bits per heavy atom. The Morgan fingerprint density at radius 2 is 2.12 bits per heavy atom. The number of benzene rings is 1. The Kier molecular flexibility index (Phi) is 4.90. The van der Waals surface area contributed by atoms with Crippen molar-refractivity contribution in [2.45, 2.75) is 38.1 Å². The van der Waals surface area contributed by atoms with Crippen molar-refractivity contribution >= 4 is 27.8 Å². The lowest BCUT2D eigenvalue weighted by atomic mass is 9.95. The summed E-state index contributed by atoms with van der Waals surface area (Å²) < 4.78 is 0. The molecule has 0 saturated heterocycles. The summed E-state index contributed by atoms with van der Waals surface area (Å²) in [6, 6.07) is 10.6. The molecule has 3 aromatic rings. The van der Waals surface area contributed by atoms with Gasteiger partial charge in [0, 0.05) is 34.6 Å². The van der Waals surface area contributed by atoms with E-state index in [0.717, 1.165) is 36.7 Å². The van der Waals surface area contributed by atoms with Crippen LogP contribution in [-0.4, -0.2) is 22.7 Å². The van der Waals surface area contributed by atoms with Crippen LogP contribution in [0.1, 0.15) is 36.1 Å². The smallest absolute Gasteiger partial charge is 0.125 e. The van der Waals surface area contributed by atoms with Crippen LogP contribution in [0.25, 0.3) is 16.5 Å². The number of H-pyrrole nitrogens is 1. The normalized spacial score (nSPS) is 17.8. The average molecular weight is 353 g/mol. The van der Waals surface area contributed by atoms with Crippen molar-refractivity contribution < 1.29 is 5.11 Å². The first-order valence-corrected chi connectivity index (χ1v) is 9.93. The van der Waals surface area contributed by atoms with Crippen LogP contribution in [0.4, 0.5) is 0 Å². The van der Waals surface area contributed by atoms with Gasteiger partial charge in [0.2, 0.25) is 0 Å². The third-order valence-corrected chi connectivity index (χ3v) is 6.02. The van der Waals surface area contributed by atoms with Gasteiger partial charge in [-0.1, -0.05) is 24.6 Å². The molecule has 4 heteroatoms. The minimum Gasteiger partial charge on any atom is -0.507 e. The van der Waals surface area contributed by atoms with E-state index in [0.29, 0.717) is 11.8 Å². The van der Waals surface area contributed by atoms with Gasteiger partial charge >= 0.3 is 0 Å². The summed E-state index contributed by atoms with van der Waals surface area (Å²) in [5.74, 6) is 0.383. The molecular weight excluding hydrogens is 328 g/mol. The number of phenolic OH excluding ortho intramolecular Hbond substituents is 1. The number of aromatic hydroxyl groups is 1. The van der Waals surface area contributed by atoms with E-state index in [-0.39, 0.29) is 0 Å². The van der Waals surface area contributed by atoms with Crippen LogP contribution < -0.4 is 5.32 Å². The number of aromatic amines is 1.